The van der Waals surface area contributed by atoms with E-state index in [2.05, 4.69) is 114 Å². The molecule has 0 bridgehead atoms. The minimum absolute atomic E-state index is 0.180. The highest BCUT2D eigenvalue weighted by molar-refractivity contribution is 7.99. The third-order valence-electron chi connectivity index (χ3n) is 4.93. The van der Waals surface area contributed by atoms with Gasteiger partial charge < -0.3 is 4.57 Å². The van der Waals surface area contributed by atoms with Crippen LogP contribution in [-0.2, 0) is 12.3 Å². The zero-order valence-electron chi connectivity index (χ0n) is 17.2. The Morgan fingerprint density at radius 3 is 1.97 bits per heavy atom. The fourth-order valence-electron chi connectivity index (χ4n) is 3.30. The van der Waals surface area contributed by atoms with Crippen LogP contribution in [-0.4, -0.2) is 14.8 Å². The summed E-state index contributed by atoms with van der Waals surface area (Å²) in [4.78, 5) is 1.26. The van der Waals surface area contributed by atoms with Crippen LogP contribution in [0.1, 0.15) is 34.7 Å². The lowest BCUT2D eigenvalue weighted by Crippen LogP contribution is -2.04. The normalized spacial score (nSPS) is 11.2. The van der Waals surface area contributed by atoms with E-state index in [-0.39, 0.29) is 5.25 Å². The Hall–Kier alpha value is -2.50. The maximum Gasteiger partial charge on any atom is 0.192 e. The Morgan fingerprint density at radius 2 is 1.40 bits per heavy atom. The number of thioether (sulfide) groups is 2. The largest absolute Gasteiger partial charge is 0.306 e. The highest BCUT2D eigenvalue weighted by atomic mass is 32.2. The fraction of sp³-hybridized carbons (Fsp3) is 0.200. The maximum absolute atomic E-state index is 4.57. The molecule has 152 valence electrons. The summed E-state index contributed by atoms with van der Waals surface area (Å²) in [6.07, 6.45) is 0. The second-order valence-corrected chi connectivity index (χ2v) is 9.19. The van der Waals surface area contributed by atoms with Crippen LogP contribution in [0.3, 0.4) is 0 Å². The van der Waals surface area contributed by atoms with Gasteiger partial charge in [-0.15, -0.1) is 22.0 Å². The molecule has 1 aromatic heterocycles. The second-order valence-electron chi connectivity index (χ2n) is 7.06. The minimum Gasteiger partial charge on any atom is -0.306 e. The molecule has 0 unspecified atom stereocenters. The molecule has 0 aliphatic heterocycles. The summed E-state index contributed by atoms with van der Waals surface area (Å²) in [5, 5.41) is 10.2. The van der Waals surface area contributed by atoms with Crippen molar-refractivity contribution in [3.8, 4) is 0 Å². The lowest BCUT2D eigenvalue weighted by Gasteiger charge is -2.17. The van der Waals surface area contributed by atoms with Gasteiger partial charge in [-0.1, -0.05) is 90.1 Å². The van der Waals surface area contributed by atoms with E-state index in [4.69, 9.17) is 0 Å². The number of benzene rings is 3. The van der Waals surface area contributed by atoms with E-state index in [0.29, 0.717) is 0 Å². The van der Waals surface area contributed by atoms with Crippen molar-refractivity contribution in [2.24, 2.45) is 0 Å². The SMILES string of the molecule is CCn1c(CSc2ccc(C)cc2)nnc1SC(c1ccccc1)c1ccccc1. The molecule has 0 amide bonds. The van der Waals surface area contributed by atoms with Gasteiger partial charge in [0.1, 0.15) is 5.82 Å². The molecule has 0 saturated heterocycles. The van der Waals surface area contributed by atoms with Crippen LogP contribution >= 0.6 is 23.5 Å². The monoisotopic (exact) mass is 431 g/mol. The zero-order chi connectivity index (χ0) is 20.8. The summed E-state index contributed by atoms with van der Waals surface area (Å²) >= 11 is 3.57. The third kappa shape index (κ3) is 4.97. The quantitative estimate of drug-likeness (QED) is 0.288. The van der Waals surface area contributed by atoms with Crippen molar-refractivity contribution in [3.63, 3.8) is 0 Å². The van der Waals surface area contributed by atoms with Crippen molar-refractivity contribution < 1.29 is 0 Å². The average Bonchev–Trinajstić information content (AvgIpc) is 3.19. The van der Waals surface area contributed by atoms with Crippen molar-refractivity contribution in [2.75, 3.05) is 0 Å². The summed E-state index contributed by atoms with van der Waals surface area (Å²) in [6.45, 7) is 5.13. The Balaban J connectivity index is 1.57. The Kier molecular flexibility index (Phi) is 6.92. The average molecular weight is 432 g/mol. The van der Waals surface area contributed by atoms with Crippen LogP contribution < -0.4 is 0 Å². The predicted octanol–water partition coefficient (Wildman–Crippen LogP) is 6.78. The Morgan fingerprint density at radius 1 is 0.800 bits per heavy atom. The highest BCUT2D eigenvalue weighted by Crippen LogP contribution is 2.40. The van der Waals surface area contributed by atoms with Crippen molar-refractivity contribution in [2.45, 2.75) is 41.4 Å². The second kappa shape index (κ2) is 10.0. The summed E-state index contributed by atoms with van der Waals surface area (Å²) in [5.74, 6) is 1.83. The van der Waals surface area contributed by atoms with Crippen LogP contribution in [0.5, 0.6) is 0 Å². The highest BCUT2D eigenvalue weighted by Gasteiger charge is 2.20. The fourth-order valence-corrected chi connectivity index (χ4v) is 5.39. The molecule has 4 rings (SSSR count). The molecule has 0 aliphatic carbocycles. The lowest BCUT2D eigenvalue weighted by atomic mass is 10.0. The van der Waals surface area contributed by atoms with Crippen LogP contribution in [0.4, 0.5) is 0 Å². The Bertz CT molecular complexity index is 1020. The van der Waals surface area contributed by atoms with E-state index in [1.807, 2.05) is 0 Å². The van der Waals surface area contributed by atoms with Crippen molar-refractivity contribution in [1.82, 2.24) is 14.8 Å². The van der Waals surface area contributed by atoms with E-state index in [1.165, 1.54) is 21.6 Å². The van der Waals surface area contributed by atoms with Gasteiger partial charge in [-0.2, -0.15) is 0 Å². The van der Waals surface area contributed by atoms with E-state index in [1.54, 1.807) is 23.5 Å². The van der Waals surface area contributed by atoms with Crippen LogP contribution in [0.25, 0.3) is 0 Å². The molecule has 0 atom stereocenters. The minimum atomic E-state index is 0.180. The van der Waals surface area contributed by atoms with Gasteiger partial charge >= 0.3 is 0 Å². The summed E-state index contributed by atoms with van der Waals surface area (Å²) in [5.41, 5.74) is 3.83. The van der Waals surface area contributed by atoms with Gasteiger partial charge in [-0.3, -0.25) is 0 Å². The number of hydrogen-bond donors (Lipinski definition) is 0. The maximum atomic E-state index is 4.57. The van der Waals surface area contributed by atoms with Gasteiger partial charge in [0.15, 0.2) is 5.16 Å². The smallest absolute Gasteiger partial charge is 0.192 e. The van der Waals surface area contributed by atoms with Crippen molar-refractivity contribution >= 4 is 23.5 Å². The third-order valence-corrected chi connectivity index (χ3v) is 7.23. The lowest BCUT2D eigenvalue weighted by molar-refractivity contribution is 0.658. The Labute approximate surface area is 187 Å². The number of nitrogens with zero attached hydrogens (tertiary/aromatic N) is 3. The molecule has 0 aliphatic rings. The molecule has 0 spiro atoms. The van der Waals surface area contributed by atoms with Gasteiger partial charge in [0.05, 0.1) is 11.0 Å². The van der Waals surface area contributed by atoms with E-state index in [0.717, 1.165) is 23.3 Å². The first-order chi connectivity index (χ1) is 14.7. The molecule has 5 heteroatoms. The predicted molar refractivity (Wildman–Crippen MR) is 127 cm³/mol. The van der Waals surface area contributed by atoms with Gasteiger partial charge in [0, 0.05) is 11.4 Å². The first-order valence-electron chi connectivity index (χ1n) is 10.1. The molecule has 4 aromatic rings. The van der Waals surface area contributed by atoms with Crippen LogP contribution in [0, 0.1) is 6.92 Å². The topological polar surface area (TPSA) is 30.7 Å². The first-order valence-corrected chi connectivity index (χ1v) is 12.0. The first kappa shape index (κ1) is 20.8. The van der Waals surface area contributed by atoms with Gasteiger partial charge in [-0.05, 0) is 37.1 Å². The number of rotatable bonds is 8. The van der Waals surface area contributed by atoms with Crippen LogP contribution in [0.2, 0.25) is 0 Å². The summed E-state index contributed by atoms with van der Waals surface area (Å²) in [6, 6.07) is 29.9. The van der Waals surface area contributed by atoms with E-state index in [9.17, 15) is 0 Å². The molecule has 30 heavy (non-hydrogen) atoms. The number of aromatic nitrogens is 3. The van der Waals surface area contributed by atoms with Crippen molar-refractivity contribution in [1.29, 1.82) is 0 Å². The van der Waals surface area contributed by atoms with Gasteiger partial charge in [-0.25, -0.2) is 0 Å². The molecule has 0 N–H and O–H groups in total. The molecular weight excluding hydrogens is 406 g/mol. The molecular formula is C25H25N3S2. The summed E-state index contributed by atoms with van der Waals surface area (Å²) < 4.78 is 2.24. The number of hydrogen-bond acceptors (Lipinski definition) is 4. The van der Waals surface area contributed by atoms with Gasteiger partial charge in [0.2, 0.25) is 0 Å². The molecule has 3 aromatic carbocycles. The molecule has 0 fully saturated rings. The van der Waals surface area contributed by atoms with Gasteiger partial charge in [0.25, 0.3) is 0 Å². The van der Waals surface area contributed by atoms with E-state index < -0.39 is 0 Å². The molecule has 3 nitrogen and oxygen atoms in total. The zero-order valence-corrected chi connectivity index (χ0v) is 18.9. The van der Waals surface area contributed by atoms with E-state index >= 15 is 0 Å². The standard InChI is InChI=1S/C25H25N3S2/c1-3-28-23(18-29-22-16-14-19(2)15-17-22)26-27-25(28)30-24(20-10-6-4-7-11-20)21-12-8-5-9-13-21/h4-17,24H,3,18H2,1-2H3. The van der Waals surface area contributed by atoms with Crippen molar-refractivity contribution in [3.05, 3.63) is 107 Å². The molecule has 0 radical (unpaired) electrons. The van der Waals surface area contributed by atoms with Crippen LogP contribution in [0.15, 0.2) is 95.0 Å². The summed E-state index contributed by atoms with van der Waals surface area (Å²) in [7, 11) is 0. The number of aryl methyl sites for hydroxylation is 1. The molecule has 0 saturated carbocycles. The molecule has 1 heterocycles.